The number of benzene rings is 1. The van der Waals surface area contributed by atoms with Crippen LogP contribution in [0.4, 0.5) is 0 Å². The molecule has 2 unspecified atom stereocenters. The van der Waals surface area contributed by atoms with Gasteiger partial charge in [-0.1, -0.05) is 28.9 Å². The highest BCUT2D eigenvalue weighted by Crippen LogP contribution is 2.17. The molecule has 0 amide bonds. The summed E-state index contributed by atoms with van der Waals surface area (Å²) in [6.45, 7) is 2.70. The van der Waals surface area contributed by atoms with E-state index in [1.165, 1.54) is 0 Å². The van der Waals surface area contributed by atoms with E-state index < -0.39 is 6.10 Å². The predicted octanol–water partition coefficient (Wildman–Crippen LogP) is 1.55. The van der Waals surface area contributed by atoms with Crippen LogP contribution in [0.5, 0.6) is 5.75 Å². The molecule has 102 valence electrons. The summed E-state index contributed by atoms with van der Waals surface area (Å²) >= 11 is 3.36. The molecular formula is C13H20BrNO3. The van der Waals surface area contributed by atoms with Gasteiger partial charge in [0, 0.05) is 17.1 Å². The Balaban J connectivity index is 2.26. The molecule has 2 atom stereocenters. The van der Waals surface area contributed by atoms with Crippen molar-refractivity contribution in [1.82, 2.24) is 5.32 Å². The van der Waals surface area contributed by atoms with Crippen molar-refractivity contribution in [3.05, 3.63) is 28.7 Å². The number of ether oxygens (including phenoxy) is 1. The van der Waals surface area contributed by atoms with Gasteiger partial charge in [-0.15, -0.1) is 0 Å². The number of halogens is 1. The molecule has 1 aromatic carbocycles. The Morgan fingerprint density at radius 1 is 1.44 bits per heavy atom. The third-order valence-corrected chi connectivity index (χ3v) is 3.09. The summed E-state index contributed by atoms with van der Waals surface area (Å²) in [7, 11) is 0. The first-order valence-electron chi connectivity index (χ1n) is 6.06. The first kappa shape index (κ1) is 15.4. The molecule has 0 fully saturated rings. The van der Waals surface area contributed by atoms with E-state index in [9.17, 15) is 5.11 Å². The van der Waals surface area contributed by atoms with Crippen molar-refractivity contribution in [2.24, 2.45) is 0 Å². The van der Waals surface area contributed by atoms with E-state index in [0.29, 0.717) is 6.54 Å². The SMILES string of the molecule is CCC(CO)NCC(O)COc1cccc(Br)c1. The van der Waals surface area contributed by atoms with Crippen molar-refractivity contribution in [3.8, 4) is 5.75 Å². The summed E-state index contributed by atoms with van der Waals surface area (Å²) in [4.78, 5) is 0. The van der Waals surface area contributed by atoms with Crippen LogP contribution < -0.4 is 10.1 Å². The van der Waals surface area contributed by atoms with Gasteiger partial charge in [0.15, 0.2) is 0 Å². The van der Waals surface area contributed by atoms with Crippen molar-refractivity contribution >= 4 is 15.9 Å². The molecule has 3 N–H and O–H groups in total. The second-order valence-corrected chi connectivity index (χ2v) is 5.03. The molecule has 1 rings (SSSR count). The molecule has 0 bridgehead atoms. The Labute approximate surface area is 116 Å². The highest BCUT2D eigenvalue weighted by molar-refractivity contribution is 9.10. The molecule has 0 radical (unpaired) electrons. The molecule has 0 saturated carbocycles. The van der Waals surface area contributed by atoms with Gasteiger partial charge in [0.2, 0.25) is 0 Å². The normalized spacial score (nSPS) is 14.2. The summed E-state index contributed by atoms with van der Waals surface area (Å²) in [5.74, 6) is 0.720. The molecule has 0 spiro atoms. The lowest BCUT2D eigenvalue weighted by Crippen LogP contribution is -2.39. The summed E-state index contributed by atoms with van der Waals surface area (Å²) in [6.07, 6.45) is 0.236. The Morgan fingerprint density at radius 2 is 2.22 bits per heavy atom. The topological polar surface area (TPSA) is 61.7 Å². The van der Waals surface area contributed by atoms with Crippen LogP contribution >= 0.6 is 15.9 Å². The van der Waals surface area contributed by atoms with Gasteiger partial charge >= 0.3 is 0 Å². The standard InChI is InChI=1S/C13H20BrNO3/c1-2-11(8-16)15-7-12(17)9-18-13-5-3-4-10(14)6-13/h3-6,11-12,15-17H,2,7-9H2,1H3. The zero-order valence-electron chi connectivity index (χ0n) is 10.5. The van der Waals surface area contributed by atoms with Gasteiger partial charge in [0.05, 0.1) is 6.61 Å². The maximum atomic E-state index is 9.74. The van der Waals surface area contributed by atoms with Gasteiger partial charge in [0.1, 0.15) is 18.5 Å². The minimum atomic E-state index is -0.593. The van der Waals surface area contributed by atoms with E-state index in [0.717, 1.165) is 16.6 Å². The number of nitrogens with one attached hydrogen (secondary N) is 1. The largest absolute Gasteiger partial charge is 0.491 e. The second kappa shape index (κ2) is 8.48. The zero-order valence-corrected chi connectivity index (χ0v) is 12.1. The Kier molecular flexibility index (Phi) is 7.27. The Hall–Kier alpha value is -0.620. The van der Waals surface area contributed by atoms with Crippen molar-refractivity contribution in [2.75, 3.05) is 19.8 Å². The predicted molar refractivity (Wildman–Crippen MR) is 74.8 cm³/mol. The number of hydrogen-bond donors (Lipinski definition) is 3. The Bertz CT molecular complexity index is 345. The quantitative estimate of drug-likeness (QED) is 0.681. The molecule has 1 aromatic rings. The van der Waals surface area contributed by atoms with Crippen molar-refractivity contribution in [1.29, 1.82) is 0 Å². The van der Waals surface area contributed by atoms with Gasteiger partial charge in [0.25, 0.3) is 0 Å². The highest BCUT2D eigenvalue weighted by Gasteiger charge is 2.09. The Morgan fingerprint density at radius 3 is 2.83 bits per heavy atom. The molecule has 0 saturated heterocycles. The minimum absolute atomic E-state index is 0.0329. The van der Waals surface area contributed by atoms with Crippen molar-refractivity contribution in [3.63, 3.8) is 0 Å². The van der Waals surface area contributed by atoms with Crippen molar-refractivity contribution < 1.29 is 14.9 Å². The van der Waals surface area contributed by atoms with E-state index in [1.807, 2.05) is 31.2 Å². The highest BCUT2D eigenvalue weighted by atomic mass is 79.9. The van der Waals surface area contributed by atoms with Crippen LogP contribution in [0.2, 0.25) is 0 Å². The van der Waals surface area contributed by atoms with Crippen LogP contribution in [0.1, 0.15) is 13.3 Å². The monoisotopic (exact) mass is 317 g/mol. The molecular weight excluding hydrogens is 298 g/mol. The fourth-order valence-corrected chi connectivity index (χ4v) is 1.83. The lowest BCUT2D eigenvalue weighted by atomic mass is 10.2. The van der Waals surface area contributed by atoms with Gasteiger partial charge < -0.3 is 20.3 Å². The number of aliphatic hydroxyl groups is 2. The molecule has 0 aliphatic heterocycles. The third kappa shape index (κ3) is 5.82. The zero-order chi connectivity index (χ0) is 13.4. The van der Waals surface area contributed by atoms with Gasteiger partial charge in [-0.2, -0.15) is 0 Å². The van der Waals surface area contributed by atoms with E-state index >= 15 is 0 Å². The van der Waals surface area contributed by atoms with Gasteiger partial charge in [-0.25, -0.2) is 0 Å². The number of rotatable bonds is 8. The van der Waals surface area contributed by atoms with Crippen LogP contribution in [-0.2, 0) is 0 Å². The first-order chi connectivity index (χ1) is 8.65. The molecule has 0 aliphatic rings. The maximum Gasteiger partial charge on any atom is 0.120 e. The summed E-state index contributed by atoms with van der Waals surface area (Å²) in [5, 5.41) is 21.8. The summed E-state index contributed by atoms with van der Waals surface area (Å²) < 4.78 is 6.41. The summed E-state index contributed by atoms with van der Waals surface area (Å²) in [5.41, 5.74) is 0. The molecule has 0 aliphatic carbocycles. The second-order valence-electron chi connectivity index (χ2n) is 4.12. The van der Waals surface area contributed by atoms with Crippen molar-refractivity contribution in [2.45, 2.75) is 25.5 Å². The molecule has 18 heavy (non-hydrogen) atoms. The van der Waals surface area contributed by atoms with Crippen LogP contribution in [0, 0.1) is 0 Å². The number of aliphatic hydroxyl groups excluding tert-OH is 2. The molecule has 4 nitrogen and oxygen atoms in total. The maximum absolute atomic E-state index is 9.74. The first-order valence-corrected chi connectivity index (χ1v) is 6.85. The fourth-order valence-electron chi connectivity index (χ4n) is 1.45. The lowest BCUT2D eigenvalue weighted by Gasteiger charge is -2.17. The number of hydrogen-bond acceptors (Lipinski definition) is 4. The van der Waals surface area contributed by atoms with Crippen LogP contribution in [0.15, 0.2) is 28.7 Å². The van der Waals surface area contributed by atoms with E-state index in [2.05, 4.69) is 21.2 Å². The average Bonchev–Trinajstić information content (AvgIpc) is 2.37. The van der Waals surface area contributed by atoms with Gasteiger partial charge in [-0.3, -0.25) is 0 Å². The summed E-state index contributed by atoms with van der Waals surface area (Å²) in [6, 6.07) is 7.52. The molecule has 0 heterocycles. The van der Waals surface area contributed by atoms with E-state index in [-0.39, 0.29) is 19.3 Å². The van der Waals surface area contributed by atoms with Crippen LogP contribution in [-0.4, -0.2) is 42.1 Å². The van der Waals surface area contributed by atoms with Crippen LogP contribution in [0.25, 0.3) is 0 Å². The third-order valence-electron chi connectivity index (χ3n) is 2.59. The average molecular weight is 318 g/mol. The minimum Gasteiger partial charge on any atom is -0.491 e. The smallest absolute Gasteiger partial charge is 0.120 e. The molecule has 5 heteroatoms. The lowest BCUT2D eigenvalue weighted by molar-refractivity contribution is 0.0994. The fraction of sp³-hybridized carbons (Fsp3) is 0.538. The van der Waals surface area contributed by atoms with E-state index in [1.54, 1.807) is 0 Å². The van der Waals surface area contributed by atoms with Crippen LogP contribution in [0.3, 0.4) is 0 Å². The van der Waals surface area contributed by atoms with E-state index in [4.69, 9.17) is 9.84 Å². The van der Waals surface area contributed by atoms with Gasteiger partial charge in [-0.05, 0) is 24.6 Å². The molecule has 0 aromatic heterocycles.